The van der Waals surface area contributed by atoms with Gasteiger partial charge in [0.25, 0.3) is 0 Å². The van der Waals surface area contributed by atoms with Crippen LogP contribution in [0.4, 0.5) is 17.1 Å². The molecular weight excluding hydrogens is 256 g/mol. The van der Waals surface area contributed by atoms with Crippen molar-refractivity contribution in [2.75, 3.05) is 4.90 Å². The Kier molecular flexibility index (Phi) is 2.61. The van der Waals surface area contributed by atoms with Crippen LogP contribution in [0.25, 0.3) is 10.8 Å². The molecule has 1 aliphatic rings. The molecule has 2 nitrogen and oxygen atoms in total. The van der Waals surface area contributed by atoms with Crippen molar-refractivity contribution in [1.29, 1.82) is 0 Å². The standard InChI is InChI=1S/C19H14N2/c1-2-18-20-16-12-6-8-14-9-7-13-17(19(14)16)21(18)15-10-4-3-5-11-15/h2-13H,1H2. The van der Waals surface area contributed by atoms with Gasteiger partial charge in [0.1, 0.15) is 5.84 Å². The summed E-state index contributed by atoms with van der Waals surface area (Å²) in [7, 11) is 0. The highest BCUT2D eigenvalue weighted by molar-refractivity contribution is 6.21. The lowest BCUT2D eigenvalue weighted by Gasteiger charge is -2.29. The fourth-order valence-corrected chi connectivity index (χ4v) is 2.86. The number of rotatable bonds is 2. The summed E-state index contributed by atoms with van der Waals surface area (Å²) in [4.78, 5) is 6.92. The van der Waals surface area contributed by atoms with Crippen molar-refractivity contribution < 1.29 is 0 Å². The molecule has 3 aromatic carbocycles. The normalized spacial score (nSPS) is 13.1. The Balaban J connectivity index is 2.07. The first-order valence-corrected chi connectivity index (χ1v) is 6.96. The third-order valence-electron chi connectivity index (χ3n) is 3.76. The molecule has 0 amide bonds. The van der Waals surface area contributed by atoms with E-state index in [1.165, 1.54) is 10.8 Å². The summed E-state index contributed by atoms with van der Waals surface area (Å²) >= 11 is 0. The minimum Gasteiger partial charge on any atom is -0.294 e. The number of aliphatic imine (C=N–C) groups is 1. The third-order valence-corrected chi connectivity index (χ3v) is 3.76. The van der Waals surface area contributed by atoms with Crippen LogP contribution in [0.3, 0.4) is 0 Å². The summed E-state index contributed by atoms with van der Waals surface area (Å²) in [5, 5.41) is 2.40. The van der Waals surface area contributed by atoms with Gasteiger partial charge >= 0.3 is 0 Å². The highest BCUT2D eigenvalue weighted by atomic mass is 15.2. The molecule has 0 fully saturated rings. The molecule has 0 unspecified atom stereocenters. The van der Waals surface area contributed by atoms with E-state index in [1.54, 1.807) is 0 Å². The molecule has 2 heteroatoms. The highest BCUT2D eigenvalue weighted by Gasteiger charge is 2.22. The lowest BCUT2D eigenvalue weighted by atomic mass is 10.0. The molecule has 0 N–H and O–H groups in total. The van der Waals surface area contributed by atoms with Gasteiger partial charge in [0.15, 0.2) is 0 Å². The first-order chi connectivity index (χ1) is 10.4. The molecule has 0 saturated heterocycles. The van der Waals surface area contributed by atoms with Crippen LogP contribution in [0.5, 0.6) is 0 Å². The zero-order valence-corrected chi connectivity index (χ0v) is 11.5. The van der Waals surface area contributed by atoms with E-state index in [2.05, 4.69) is 53.9 Å². The molecule has 3 aromatic rings. The van der Waals surface area contributed by atoms with Crippen LogP contribution in [-0.4, -0.2) is 5.84 Å². The smallest absolute Gasteiger partial charge is 0.137 e. The van der Waals surface area contributed by atoms with Gasteiger partial charge in [-0.15, -0.1) is 0 Å². The second-order valence-corrected chi connectivity index (χ2v) is 5.00. The van der Waals surface area contributed by atoms with E-state index < -0.39 is 0 Å². The SMILES string of the molecule is C=CC1=Nc2cccc3cccc(c23)N1c1ccccc1. The summed E-state index contributed by atoms with van der Waals surface area (Å²) in [5.41, 5.74) is 3.25. The first kappa shape index (κ1) is 11.9. The van der Waals surface area contributed by atoms with Crippen LogP contribution in [0.2, 0.25) is 0 Å². The quantitative estimate of drug-likeness (QED) is 0.624. The largest absolute Gasteiger partial charge is 0.294 e. The van der Waals surface area contributed by atoms with Crippen LogP contribution < -0.4 is 4.90 Å². The van der Waals surface area contributed by atoms with Gasteiger partial charge in [-0.2, -0.15) is 0 Å². The molecule has 0 aliphatic carbocycles. The summed E-state index contributed by atoms with van der Waals surface area (Å²) < 4.78 is 0. The number of benzene rings is 3. The van der Waals surface area contributed by atoms with Gasteiger partial charge in [-0.05, 0) is 35.7 Å². The van der Waals surface area contributed by atoms with Crippen LogP contribution in [0.15, 0.2) is 84.4 Å². The van der Waals surface area contributed by atoms with E-state index in [0.29, 0.717) is 0 Å². The summed E-state index contributed by atoms with van der Waals surface area (Å²) in [6.07, 6.45) is 1.81. The Bertz CT molecular complexity index is 858. The molecule has 1 aliphatic heterocycles. The van der Waals surface area contributed by atoms with Gasteiger partial charge in [-0.25, -0.2) is 4.99 Å². The lowest BCUT2D eigenvalue weighted by Crippen LogP contribution is -2.25. The summed E-state index contributed by atoms with van der Waals surface area (Å²) in [5.74, 6) is 0.854. The molecule has 4 rings (SSSR count). The number of para-hydroxylation sites is 1. The van der Waals surface area contributed by atoms with Crippen molar-refractivity contribution >= 4 is 33.7 Å². The van der Waals surface area contributed by atoms with Crippen LogP contribution in [0.1, 0.15) is 0 Å². The number of amidine groups is 1. The van der Waals surface area contributed by atoms with Crippen molar-refractivity contribution in [3.8, 4) is 0 Å². The van der Waals surface area contributed by atoms with Crippen molar-refractivity contribution in [3.63, 3.8) is 0 Å². The van der Waals surface area contributed by atoms with Crippen molar-refractivity contribution in [1.82, 2.24) is 0 Å². The molecule has 0 saturated carbocycles. The fraction of sp³-hybridized carbons (Fsp3) is 0. The second-order valence-electron chi connectivity index (χ2n) is 5.00. The second kappa shape index (κ2) is 4.60. The maximum atomic E-state index is 4.76. The molecule has 0 radical (unpaired) electrons. The molecule has 0 spiro atoms. The fourth-order valence-electron chi connectivity index (χ4n) is 2.86. The number of anilines is 2. The Morgan fingerprint density at radius 3 is 2.38 bits per heavy atom. The Labute approximate surface area is 123 Å². The zero-order chi connectivity index (χ0) is 14.2. The molecular formula is C19H14N2. The van der Waals surface area contributed by atoms with Gasteiger partial charge in [0, 0.05) is 11.1 Å². The van der Waals surface area contributed by atoms with Crippen LogP contribution in [-0.2, 0) is 0 Å². The van der Waals surface area contributed by atoms with Gasteiger partial charge in [0.2, 0.25) is 0 Å². The summed E-state index contributed by atoms with van der Waals surface area (Å²) in [6.45, 7) is 3.92. The number of hydrogen-bond donors (Lipinski definition) is 0. The maximum absolute atomic E-state index is 4.76. The van der Waals surface area contributed by atoms with Crippen molar-refractivity contribution in [2.45, 2.75) is 0 Å². The van der Waals surface area contributed by atoms with Gasteiger partial charge < -0.3 is 0 Å². The van der Waals surface area contributed by atoms with Gasteiger partial charge in [0.05, 0.1) is 11.4 Å². The van der Waals surface area contributed by atoms with E-state index in [-0.39, 0.29) is 0 Å². The Morgan fingerprint density at radius 2 is 1.62 bits per heavy atom. The Hall–Kier alpha value is -2.87. The van der Waals surface area contributed by atoms with Crippen molar-refractivity contribution in [3.05, 3.63) is 79.4 Å². The maximum Gasteiger partial charge on any atom is 0.137 e. The summed E-state index contributed by atoms with van der Waals surface area (Å²) in [6, 6.07) is 22.8. The predicted octanol–water partition coefficient (Wildman–Crippen LogP) is 5.21. The zero-order valence-electron chi connectivity index (χ0n) is 11.5. The molecule has 0 aromatic heterocycles. The van der Waals surface area contributed by atoms with E-state index in [1.807, 2.05) is 30.3 Å². The highest BCUT2D eigenvalue weighted by Crippen LogP contribution is 2.41. The van der Waals surface area contributed by atoms with E-state index in [4.69, 9.17) is 4.99 Å². The third kappa shape index (κ3) is 1.77. The lowest BCUT2D eigenvalue weighted by molar-refractivity contribution is 1.32. The average Bonchev–Trinajstić information content (AvgIpc) is 2.56. The van der Waals surface area contributed by atoms with Crippen molar-refractivity contribution in [2.24, 2.45) is 4.99 Å². The first-order valence-electron chi connectivity index (χ1n) is 6.96. The van der Waals surface area contributed by atoms with Gasteiger partial charge in [-0.3, -0.25) is 4.90 Å². The van der Waals surface area contributed by atoms with E-state index >= 15 is 0 Å². The Morgan fingerprint density at radius 1 is 0.857 bits per heavy atom. The van der Waals surface area contributed by atoms with E-state index in [0.717, 1.165) is 22.9 Å². The van der Waals surface area contributed by atoms with Crippen LogP contribution in [0, 0.1) is 0 Å². The monoisotopic (exact) mass is 270 g/mol. The molecule has 21 heavy (non-hydrogen) atoms. The minimum atomic E-state index is 0.854. The average molecular weight is 270 g/mol. The molecule has 0 atom stereocenters. The molecule has 100 valence electrons. The van der Waals surface area contributed by atoms with Gasteiger partial charge in [-0.1, -0.05) is 49.0 Å². The molecule has 0 bridgehead atoms. The predicted molar refractivity (Wildman–Crippen MR) is 89.8 cm³/mol. The molecule has 1 heterocycles. The van der Waals surface area contributed by atoms with E-state index in [9.17, 15) is 0 Å². The minimum absolute atomic E-state index is 0.854. The number of hydrogen-bond acceptors (Lipinski definition) is 2. The topological polar surface area (TPSA) is 15.6 Å². The van der Waals surface area contributed by atoms with Crippen LogP contribution >= 0.6 is 0 Å². The number of nitrogens with zero attached hydrogens (tertiary/aromatic N) is 2.